The van der Waals surface area contributed by atoms with E-state index in [2.05, 4.69) is 53.2 Å². The van der Waals surface area contributed by atoms with Crippen molar-refractivity contribution in [2.24, 2.45) is 5.73 Å². The molecule has 2 aliphatic heterocycles. The van der Waals surface area contributed by atoms with Crippen molar-refractivity contribution in [1.82, 2.24) is 53.2 Å². The molecule has 0 saturated carbocycles. The summed E-state index contributed by atoms with van der Waals surface area (Å²) in [5.41, 5.74) is 4.93. The molecule has 12 N–H and O–H groups in total. The van der Waals surface area contributed by atoms with Gasteiger partial charge in [0, 0.05) is 69.3 Å². The van der Waals surface area contributed by atoms with E-state index in [1.54, 1.807) is 13.8 Å². The molecule has 0 aliphatic carbocycles. The molecular weight excluding hydrogens is 1530 g/mol. The van der Waals surface area contributed by atoms with Gasteiger partial charge in [0.2, 0.25) is 47.3 Å². The van der Waals surface area contributed by atoms with Crippen LogP contribution >= 0.6 is 11.8 Å². The summed E-state index contributed by atoms with van der Waals surface area (Å²) >= 11 is 1.87. The first-order chi connectivity index (χ1) is 55.2. The van der Waals surface area contributed by atoms with Crippen LogP contribution in [0.3, 0.4) is 0 Å². The second-order valence-electron chi connectivity index (χ2n) is 25.4. The Morgan fingerprint density at radius 3 is 1.14 bits per heavy atom. The monoisotopic (exact) mass is 1640 g/mol. The fraction of sp³-hybridized carbons (Fsp3) is 0.708. The lowest BCUT2D eigenvalue weighted by atomic mass is 10.0. The average molecular weight is 1640 g/mol. The van der Waals surface area contributed by atoms with Crippen LogP contribution in [0.5, 0.6) is 23.0 Å². The van der Waals surface area contributed by atoms with E-state index in [1.165, 1.54) is 38.5 Å². The highest BCUT2D eigenvalue weighted by atomic mass is 32.2. The van der Waals surface area contributed by atoms with Crippen molar-refractivity contribution in [3.05, 3.63) is 55.6 Å². The number of ether oxygens (including phenoxy) is 15. The lowest BCUT2D eigenvalue weighted by molar-refractivity contribution is -0.386. The molecule has 5 atom stereocenters. The van der Waals surface area contributed by atoms with Crippen LogP contribution in [0.2, 0.25) is 0 Å². The summed E-state index contributed by atoms with van der Waals surface area (Å²) in [6, 6.07) is 4.03. The minimum atomic E-state index is -0.783. The largest absolute Gasteiger partial charge is 0.493 e. The quantitative estimate of drug-likeness (QED) is 0.0183. The first-order valence-corrected chi connectivity index (χ1v) is 39.2. The number of unbranched alkanes of at least 4 members (excludes halogenated alkanes) is 1. The number of nitro groups is 2. The van der Waals surface area contributed by atoms with Crippen molar-refractivity contribution in [2.75, 3.05) is 224 Å². The van der Waals surface area contributed by atoms with Crippen molar-refractivity contribution in [3.8, 4) is 23.0 Å². The molecule has 41 nitrogen and oxygen atoms in total. The molecule has 10 amide bonds. The van der Waals surface area contributed by atoms with E-state index < -0.39 is 51.5 Å². The number of carbonyl (C=O) groups excluding carboxylic acids is 9. The van der Waals surface area contributed by atoms with Gasteiger partial charge in [0.1, 0.15) is 0 Å². The lowest BCUT2D eigenvalue weighted by Gasteiger charge is -2.18. The van der Waals surface area contributed by atoms with E-state index >= 15 is 0 Å². The number of methoxy groups -OCH3 is 2. The fourth-order valence-corrected chi connectivity index (χ4v) is 12.4. The molecule has 2 aromatic carbocycles. The summed E-state index contributed by atoms with van der Waals surface area (Å²) in [6.07, 6.45) is 3.91. The maximum absolute atomic E-state index is 12.8. The molecule has 42 heteroatoms. The summed E-state index contributed by atoms with van der Waals surface area (Å²) in [6.45, 7) is 9.47. The van der Waals surface area contributed by atoms with Gasteiger partial charge < -0.3 is 130 Å². The van der Waals surface area contributed by atoms with Crippen LogP contribution in [0.4, 0.5) is 16.2 Å². The highest BCUT2D eigenvalue weighted by molar-refractivity contribution is 8.00. The van der Waals surface area contributed by atoms with E-state index in [4.69, 9.17) is 76.8 Å². The molecule has 2 aliphatic rings. The highest BCUT2D eigenvalue weighted by Gasteiger charge is 2.42. The van der Waals surface area contributed by atoms with E-state index in [0.717, 1.165) is 25.0 Å². The fourth-order valence-electron chi connectivity index (χ4n) is 10.8. The van der Waals surface area contributed by atoms with E-state index in [-0.39, 0.29) is 265 Å². The highest BCUT2D eigenvalue weighted by Crippen LogP contribution is 2.39. The van der Waals surface area contributed by atoms with Crippen molar-refractivity contribution >= 4 is 76.4 Å². The number of nitrogens with zero attached hydrogens (tertiary/aromatic N) is 2. The topological polar surface area (TPSA) is 525 Å². The molecule has 0 aromatic heterocycles. The summed E-state index contributed by atoms with van der Waals surface area (Å²) in [5.74, 6) is -1.22. The number of nitro benzene ring substituents is 2. The van der Waals surface area contributed by atoms with E-state index in [0.29, 0.717) is 70.9 Å². The van der Waals surface area contributed by atoms with Crippen molar-refractivity contribution in [2.45, 2.75) is 107 Å². The van der Waals surface area contributed by atoms with Gasteiger partial charge >= 0.3 is 6.03 Å². The number of benzene rings is 2. The molecule has 0 bridgehead atoms. The van der Waals surface area contributed by atoms with Crippen molar-refractivity contribution < 1.29 is 124 Å². The molecule has 2 unspecified atom stereocenters. The van der Waals surface area contributed by atoms with Gasteiger partial charge in [0.15, 0.2) is 23.0 Å². The van der Waals surface area contributed by atoms with Crippen LogP contribution in [-0.2, 0) is 90.5 Å². The molecule has 2 aromatic rings. The number of nitrogens with one attached hydrogen (secondary N) is 10. The Bertz CT molecular complexity index is 3210. The van der Waals surface area contributed by atoms with Crippen LogP contribution < -0.4 is 77.8 Å². The molecule has 114 heavy (non-hydrogen) atoms. The minimum Gasteiger partial charge on any atom is -0.493 e. The predicted octanol–water partition coefficient (Wildman–Crippen LogP) is 0.237. The van der Waals surface area contributed by atoms with Gasteiger partial charge in [-0.1, -0.05) is 6.42 Å². The third kappa shape index (κ3) is 43.7. The number of amides is 10. The van der Waals surface area contributed by atoms with E-state index in [9.17, 15) is 63.4 Å². The molecule has 2 saturated heterocycles. The van der Waals surface area contributed by atoms with Gasteiger partial charge in [-0.15, -0.1) is 0 Å². The summed E-state index contributed by atoms with van der Waals surface area (Å²) in [4.78, 5) is 132. The van der Waals surface area contributed by atoms with Gasteiger partial charge in [-0.25, -0.2) is 4.79 Å². The Hall–Kier alpha value is -8.66. The lowest BCUT2D eigenvalue weighted by Crippen LogP contribution is -2.43. The zero-order valence-electron chi connectivity index (χ0n) is 65.7. The van der Waals surface area contributed by atoms with Gasteiger partial charge in [-0.3, -0.25) is 58.6 Å². The Labute approximate surface area is 667 Å². The maximum Gasteiger partial charge on any atom is 0.315 e. The third-order valence-electron chi connectivity index (χ3n) is 16.7. The minimum absolute atomic E-state index is 0.0123. The SMILES string of the molecule is COc1cc(C(C)NC(=O)CCOCCOCCOCCOCCNC(=O)CCCOc2cc([N+](=O)[O-])c(C(C)NC(=O)CCOCCOCCOCCOCCNC(=O)CNC(=O)CNC(=O)CN)cc2OC)c([N+](=O)[O-])cc1OCCCC(=O)NCCOCCOCCOCCNC(=O)CCCC[C@@H]1SC[C@@H]2NC(=O)N[C@@H]21. The number of carbonyl (C=O) groups is 9. The van der Waals surface area contributed by atoms with Crippen LogP contribution in [0.25, 0.3) is 0 Å². The Morgan fingerprint density at radius 1 is 0.430 bits per heavy atom. The number of thioether (sulfide) groups is 1. The Kier molecular flexibility index (Phi) is 52.1. The van der Waals surface area contributed by atoms with Gasteiger partial charge in [0.05, 0.1) is 250 Å². The van der Waals surface area contributed by atoms with Crippen LogP contribution in [0, 0.1) is 20.2 Å². The number of nitrogens with two attached hydrogens (primary N) is 1. The molecule has 0 radical (unpaired) electrons. The normalized spacial score (nSPS) is 14.6. The van der Waals surface area contributed by atoms with Crippen molar-refractivity contribution in [3.63, 3.8) is 0 Å². The molecule has 0 spiro atoms. The van der Waals surface area contributed by atoms with Gasteiger partial charge in [-0.2, -0.15) is 11.8 Å². The summed E-state index contributed by atoms with van der Waals surface area (Å²) < 4.78 is 83.0. The third-order valence-corrected chi connectivity index (χ3v) is 18.2. The van der Waals surface area contributed by atoms with Crippen molar-refractivity contribution in [1.29, 1.82) is 0 Å². The number of hydrogen-bond acceptors (Lipinski definition) is 30. The predicted molar refractivity (Wildman–Crippen MR) is 411 cm³/mol. The average Bonchev–Trinajstić information content (AvgIpc) is 0.967. The number of rotatable bonds is 70. The summed E-state index contributed by atoms with van der Waals surface area (Å²) in [7, 11) is 2.76. The van der Waals surface area contributed by atoms with Crippen LogP contribution in [-0.4, -0.2) is 305 Å². The zero-order chi connectivity index (χ0) is 82.8. The molecule has 644 valence electrons. The second kappa shape index (κ2) is 60.8. The van der Waals surface area contributed by atoms with Crippen LogP contribution in [0.1, 0.15) is 101 Å². The standard InChI is InChI=1S/C72H117N13O28S/c1-51(53-43-58(99-3)60(45-56(53)84(95)96)112-19-7-11-64(87)75-16-24-104-30-36-109-35-29-103-23-15-74-63(86)10-6-5-9-62-71-55(50-114-62)82-72(94)83-71)80-66(89)13-21-101-27-33-107-39-41-110-37-31-105-25-17-76-65(88)12-8-20-113-61-46-57(85(97)98)54(44-59(61)100-4)52(2)81-67(90)14-22-102-28-34-108-40-42-111-38-32-106-26-18-77-69(92)48-79-70(93)49-78-68(91)47-73/h43-46,51-52,55,62,71H,5-42,47-50,73H2,1-4H3,(H,74,86)(H,75,87)(H,76,88)(H,77,92)(H,78,91)(H,79,93)(H,80,89)(H,81,90)(H2,82,83,94)/t51?,52?,55-,62-,71-/m0/s1. The number of urea groups is 1. The molecule has 2 heterocycles. The Morgan fingerprint density at radius 2 is 0.772 bits per heavy atom. The van der Waals surface area contributed by atoms with E-state index in [1.807, 2.05) is 11.8 Å². The Balaban J connectivity index is 0.912. The second-order valence-corrected chi connectivity index (χ2v) is 26.7. The van der Waals surface area contributed by atoms with Crippen LogP contribution in [0.15, 0.2) is 24.3 Å². The molecular formula is C72H117N13O28S. The molecule has 4 rings (SSSR count). The maximum atomic E-state index is 12.8. The zero-order valence-corrected chi connectivity index (χ0v) is 66.5. The smallest absolute Gasteiger partial charge is 0.315 e. The molecule has 2 fully saturated rings. The first-order valence-electron chi connectivity index (χ1n) is 38.1. The van der Waals surface area contributed by atoms with Gasteiger partial charge in [0.25, 0.3) is 11.4 Å². The summed E-state index contributed by atoms with van der Waals surface area (Å²) in [5, 5.41) is 51.8. The first kappa shape index (κ1) is 97.7. The van der Waals surface area contributed by atoms with Gasteiger partial charge in [-0.05, 0) is 51.7 Å². The number of hydrogen-bond donors (Lipinski definition) is 11. The number of fused-ring (bicyclic) bond motifs is 1.